The predicted octanol–water partition coefficient (Wildman–Crippen LogP) is 4.15. The molecule has 0 saturated heterocycles. The van der Waals surface area contributed by atoms with Crippen molar-refractivity contribution in [2.24, 2.45) is 0 Å². The number of allylic oxidation sites excluding steroid dienone is 1. The molecule has 0 aliphatic carbocycles. The Hall–Kier alpha value is -1.04. The zero-order valence-corrected chi connectivity index (χ0v) is 9.02. The van der Waals surface area contributed by atoms with E-state index in [1.54, 1.807) is 0 Å². The van der Waals surface area contributed by atoms with Crippen LogP contribution in [0.2, 0.25) is 0 Å². The van der Waals surface area contributed by atoms with E-state index in [0.717, 1.165) is 5.57 Å². The highest BCUT2D eigenvalue weighted by Crippen LogP contribution is 2.25. The third-order valence-corrected chi connectivity index (χ3v) is 2.29. The molecule has 0 amide bonds. The van der Waals surface area contributed by atoms with Crippen molar-refractivity contribution in [3.63, 3.8) is 0 Å². The molecule has 0 bridgehead atoms. The lowest BCUT2D eigenvalue weighted by Gasteiger charge is -2.13. The number of hydrogen-bond donors (Lipinski definition) is 0. The van der Waals surface area contributed by atoms with Crippen LogP contribution in [0.4, 0.5) is 0 Å². The summed E-state index contributed by atoms with van der Waals surface area (Å²) in [6.45, 7) is 12.6. The van der Waals surface area contributed by atoms with E-state index in [9.17, 15) is 0 Å². The first-order valence-corrected chi connectivity index (χ1v) is 4.78. The summed E-state index contributed by atoms with van der Waals surface area (Å²) in [7, 11) is 0. The van der Waals surface area contributed by atoms with Crippen LogP contribution in [-0.2, 0) is 0 Å². The summed E-state index contributed by atoms with van der Waals surface area (Å²) in [6.07, 6.45) is 0. The highest BCUT2D eigenvalue weighted by atomic mass is 14.1. The zero-order valence-electron chi connectivity index (χ0n) is 9.02. The van der Waals surface area contributed by atoms with E-state index >= 15 is 0 Å². The van der Waals surface area contributed by atoms with Gasteiger partial charge in [-0.05, 0) is 30.9 Å². The molecule has 1 aromatic carbocycles. The monoisotopic (exact) mass is 174 g/mol. The Kier molecular flexibility index (Phi) is 2.92. The van der Waals surface area contributed by atoms with Crippen molar-refractivity contribution in [1.29, 1.82) is 0 Å². The van der Waals surface area contributed by atoms with E-state index in [-0.39, 0.29) is 0 Å². The molecule has 0 atom stereocenters. The topological polar surface area (TPSA) is 0 Å². The normalized spacial score (nSPS) is 10.5. The van der Waals surface area contributed by atoms with Gasteiger partial charge in [-0.15, -0.1) is 0 Å². The Morgan fingerprint density at radius 3 is 2.38 bits per heavy atom. The van der Waals surface area contributed by atoms with Gasteiger partial charge in [0.1, 0.15) is 0 Å². The SMILES string of the molecule is C=C(C)c1cc(C)ccc1C(C)C. The van der Waals surface area contributed by atoms with Crippen LogP contribution in [0.1, 0.15) is 43.4 Å². The zero-order chi connectivity index (χ0) is 10.0. The van der Waals surface area contributed by atoms with Crippen LogP contribution in [0.25, 0.3) is 5.57 Å². The third-order valence-electron chi connectivity index (χ3n) is 2.29. The van der Waals surface area contributed by atoms with Gasteiger partial charge in [-0.1, -0.05) is 49.8 Å². The van der Waals surface area contributed by atoms with Crippen molar-refractivity contribution in [2.75, 3.05) is 0 Å². The molecule has 13 heavy (non-hydrogen) atoms. The minimum absolute atomic E-state index is 0.576. The van der Waals surface area contributed by atoms with Crippen LogP contribution in [0, 0.1) is 6.92 Å². The smallest absolute Gasteiger partial charge is 0.0196 e. The second-order valence-corrected chi connectivity index (χ2v) is 4.03. The lowest BCUT2D eigenvalue weighted by Crippen LogP contribution is -1.94. The lowest BCUT2D eigenvalue weighted by atomic mass is 9.92. The summed E-state index contributed by atoms with van der Waals surface area (Å²) in [5.74, 6) is 0.576. The summed E-state index contributed by atoms with van der Waals surface area (Å²) in [5, 5.41) is 0. The standard InChI is InChI=1S/C13H18/c1-9(2)12-7-6-11(5)8-13(12)10(3)4/h6-9H,3H2,1-2,4-5H3. The Morgan fingerprint density at radius 1 is 1.31 bits per heavy atom. The van der Waals surface area contributed by atoms with E-state index in [1.807, 2.05) is 0 Å². The van der Waals surface area contributed by atoms with Crippen LogP contribution in [0.3, 0.4) is 0 Å². The average Bonchev–Trinajstić information content (AvgIpc) is 2.03. The number of aryl methyl sites for hydroxylation is 1. The van der Waals surface area contributed by atoms with Gasteiger partial charge in [0.15, 0.2) is 0 Å². The van der Waals surface area contributed by atoms with Crippen LogP contribution >= 0.6 is 0 Å². The molecule has 1 rings (SSSR count). The van der Waals surface area contributed by atoms with Gasteiger partial charge in [-0.2, -0.15) is 0 Å². The van der Waals surface area contributed by atoms with E-state index in [1.165, 1.54) is 16.7 Å². The van der Waals surface area contributed by atoms with Gasteiger partial charge in [0.2, 0.25) is 0 Å². The van der Waals surface area contributed by atoms with Crippen LogP contribution in [-0.4, -0.2) is 0 Å². The molecule has 0 aliphatic rings. The first-order valence-electron chi connectivity index (χ1n) is 4.78. The quantitative estimate of drug-likeness (QED) is 0.631. The van der Waals surface area contributed by atoms with Crippen molar-refractivity contribution < 1.29 is 0 Å². The fourth-order valence-corrected chi connectivity index (χ4v) is 1.54. The van der Waals surface area contributed by atoms with Crippen molar-refractivity contribution in [2.45, 2.75) is 33.6 Å². The Labute approximate surface area is 81.3 Å². The highest BCUT2D eigenvalue weighted by Gasteiger charge is 2.06. The van der Waals surface area contributed by atoms with Gasteiger partial charge < -0.3 is 0 Å². The second-order valence-electron chi connectivity index (χ2n) is 4.03. The molecule has 0 heterocycles. The van der Waals surface area contributed by atoms with Gasteiger partial charge in [-0.25, -0.2) is 0 Å². The van der Waals surface area contributed by atoms with Gasteiger partial charge >= 0.3 is 0 Å². The van der Waals surface area contributed by atoms with E-state index in [4.69, 9.17) is 0 Å². The molecule has 0 heteroatoms. The summed E-state index contributed by atoms with van der Waals surface area (Å²) < 4.78 is 0. The summed E-state index contributed by atoms with van der Waals surface area (Å²) in [4.78, 5) is 0. The fourth-order valence-electron chi connectivity index (χ4n) is 1.54. The number of hydrogen-bond acceptors (Lipinski definition) is 0. The van der Waals surface area contributed by atoms with E-state index < -0.39 is 0 Å². The number of rotatable bonds is 2. The first kappa shape index (κ1) is 10.0. The molecule has 70 valence electrons. The highest BCUT2D eigenvalue weighted by molar-refractivity contribution is 5.65. The molecule has 0 aromatic heterocycles. The third kappa shape index (κ3) is 2.21. The summed E-state index contributed by atoms with van der Waals surface area (Å²) >= 11 is 0. The summed E-state index contributed by atoms with van der Waals surface area (Å²) in [5.41, 5.74) is 5.18. The van der Waals surface area contributed by atoms with Gasteiger partial charge in [0, 0.05) is 0 Å². The van der Waals surface area contributed by atoms with E-state index in [0.29, 0.717) is 5.92 Å². The molecule has 1 aromatic rings. The second kappa shape index (κ2) is 3.78. The maximum Gasteiger partial charge on any atom is -0.0196 e. The first-order chi connectivity index (χ1) is 6.02. The minimum Gasteiger partial charge on any atom is -0.0955 e. The Bertz CT molecular complexity index is 319. The van der Waals surface area contributed by atoms with Crippen molar-refractivity contribution in [1.82, 2.24) is 0 Å². The molecular weight excluding hydrogens is 156 g/mol. The van der Waals surface area contributed by atoms with Gasteiger partial charge in [0.05, 0.1) is 0 Å². The molecule has 0 nitrogen and oxygen atoms in total. The largest absolute Gasteiger partial charge is 0.0955 e. The van der Waals surface area contributed by atoms with Gasteiger partial charge in [0.25, 0.3) is 0 Å². The van der Waals surface area contributed by atoms with Crippen LogP contribution < -0.4 is 0 Å². The van der Waals surface area contributed by atoms with Crippen molar-refractivity contribution in [3.05, 3.63) is 41.5 Å². The number of benzene rings is 1. The molecule has 0 spiro atoms. The molecule has 0 radical (unpaired) electrons. The predicted molar refractivity (Wildman–Crippen MR) is 60.0 cm³/mol. The maximum atomic E-state index is 4.01. The molecule has 0 N–H and O–H groups in total. The summed E-state index contributed by atoms with van der Waals surface area (Å²) in [6, 6.07) is 6.60. The minimum atomic E-state index is 0.576. The molecule has 0 aliphatic heterocycles. The molecular formula is C13H18. The lowest BCUT2D eigenvalue weighted by molar-refractivity contribution is 0.862. The van der Waals surface area contributed by atoms with Crippen molar-refractivity contribution in [3.8, 4) is 0 Å². The van der Waals surface area contributed by atoms with Gasteiger partial charge in [-0.3, -0.25) is 0 Å². The van der Waals surface area contributed by atoms with Crippen LogP contribution in [0.5, 0.6) is 0 Å². The van der Waals surface area contributed by atoms with E-state index in [2.05, 4.69) is 52.5 Å². The van der Waals surface area contributed by atoms with Crippen molar-refractivity contribution >= 4 is 5.57 Å². The van der Waals surface area contributed by atoms with Crippen LogP contribution in [0.15, 0.2) is 24.8 Å². The molecule has 0 saturated carbocycles. The Morgan fingerprint density at radius 2 is 1.92 bits per heavy atom. The maximum absolute atomic E-state index is 4.01. The Balaban J connectivity index is 3.27. The fraction of sp³-hybridized carbons (Fsp3) is 0.385. The molecule has 0 unspecified atom stereocenters. The molecule has 0 fully saturated rings. The average molecular weight is 174 g/mol.